The van der Waals surface area contributed by atoms with E-state index in [1.54, 1.807) is 19.3 Å². The molecule has 18 heavy (non-hydrogen) atoms. The third kappa shape index (κ3) is 3.00. The smallest absolute Gasteiger partial charge is 0.123 e. The lowest BCUT2D eigenvalue weighted by molar-refractivity contribution is 0.388. The average molecular weight is 250 g/mol. The van der Waals surface area contributed by atoms with Crippen molar-refractivity contribution in [2.24, 2.45) is 5.10 Å². The Bertz CT molecular complexity index is 498. The van der Waals surface area contributed by atoms with Gasteiger partial charge in [-0.1, -0.05) is 0 Å². The standard InChI is InChI=1S/C13H15FN2O2/c1-18-13-5-3-10(14)6-9(13)2-4-11-7-12(17)8-15-16-11/h3,5-7,15,17H,2,4,8H2,1H3. The number of nitrogens with zero attached hydrogens (tertiary/aromatic N) is 1. The molecular formula is C13H15FN2O2. The third-order valence-electron chi connectivity index (χ3n) is 2.71. The molecule has 0 bridgehead atoms. The minimum absolute atomic E-state index is 0.256. The molecule has 2 rings (SSSR count). The van der Waals surface area contributed by atoms with Crippen molar-refractivity contribution < 1.29 is 14.2 Å². The number of aliphatic hydroxyl groups excluding tert-OH is 1. The molecule has 0 unspecified atom stereocenters. The average Bonchev–Trinajstić information content (AvgIpc) is 2.37. The fraction of sp³-hybridized carbons (Fsp3) is 0.308. The van der Waals surface area contributed by atoms with Crippen molar-refractivity contribution in [1.29, 1.82) is 0 Å². The van der Waals surface area contributed by atoms with Gasteiger partial charge in [-0.2, -0.15) is 5.10 Å². The van der Waals surface area contributed by atoms with E-state index in [-0.39, 0.29) is 11.6 Å². The lowest BCUT2D eigenvalue weighted by Crippen LogP contribution is -2.19. The molecule has 0 aliphatic carbocycles. The second-order valence-corrected chi connectivity index (χ2v) is 4.03. The number of rotatable bonds is 4. The van der Waals surface area contributed by atoms with Crippen molar-refractivity contribution in [3.63, 3.8) is 0 Å². The maximum absolute atomic E-state index is 13.2. The van der Waals surface area contributed by atoms with Gasteiger partial charge in [-0.15, -0.1) is 0 Å². The Morgan fingerprint density at radius 1 is 1.44 bits per heavy atom. The van der Waals surface area contributed by atoms with Gasteiger partial charge in [0.2, 0.25) is 0 Å². The molecule has 96 valence electrons. The summed E-state index contributed by atoms with van der Waals surface area (Å²) >= 11 is 0. The molecule has 0 spiro atoms. The molecule has 2 N–H and O–H groups in total. The van der Waals surface area contributed by atoms with Crippen molar-refractivity contribution in [2.45, 2.75) is 12.8 Å². The van der Waals surface area contributed by atoms with Crippen molar-refractivity contribution in [3.8, 4) is 5.75 Å². The van der Waals surface area contributed by atoms with E-state index < -0.39 is 0 Å². The van der Waals surface area contributed by atoms with Crippen LogP contribution in [0.2, 0.25) is 0 Å². The zero-order valence-electron chi connectivity index (χ0n) is 10.1. The summed E-state index contributed by atoms with van der Waals surface area (Å²) in [4.78, 5) is 0. The number of aryl methyl sites for hydroxylation is 1. The summed E-state index contributed by atoms with van der Waals surface area (Å²) < 4.78 is 18.3. The predicted molar refractivity (Wildman–Crippen MR) is 67.4 cm³/mol. The Kier molecular flexibility index (Phi) is 3.82. The van der Waals surface area contributed by atoms with Gasteiger partial charge >= 0.3 is 0 Å². The first-order valence-corrected chi connectivity index (χ1v) is 5.70. The lowest BCUT2D eigenvalue weighted by Gasteiger charge is -2.11. The highest BCUT2D eigenvalue weighted by Crippen LogP contribution is 2.21. The minimum atomic E-state index is -0.284. The van der Waals surface area contributed by atoms with Crippen molar-refractivity contribution in [2.75, 3.05) is 13.7 Å². The van der Waals surface area contributed by atoms with Gasteiger partial charge in [-0.05, 0) is 36.6 Å². The number of hydrazone groups is 1. The van der Waals surface area contributed by atoms with E-state index in [2.05, 4.69) is 10.5 Å². The molecule has 1 aromatic rings. The second kappa shape index (κ2) is 5.53. The van der Waals surface area contributed by atoms with Crippen molar-refractivity contribution in [1.82, 2.24) is 5.43 Å². The van der Waals surface area contributed by atoms with E-state index in [1.807, 2.05) is 0 Å². The first kappa shape index (κ1) is 12.4. The number of hydrogen-bond acceptors (Lipinski definition) is 4. The summed E-state index contributed by atoms with van der Waals surface area (Å²) in [5.41, 5.74) is 4.26. The van der Waals surface area contributed by atoms with E-state index in [1.165, 1.54) is 12.1 Å². The first-order chi connectivity index (χ1) is 8.69. The highest BCUT2D eigenvalue weighted by molar-refractivity contribution is 5.95. The fourth-order valence-electron chi connectivity index (χ4n) is 1.83. The normalized spacial score (nSPS) is 14.6. The van der Waals surface area contributed by atoms with Gasteiger partial charge in [0.25, 0.3) is 0 Å². The topological polar surface area (TPSA) is 53.8 Å². The van der Waals surface area contributed by atoms with E-state index in [4.69, 9.17) is 4.74 Å². The molecule has 0 aromatic heterocycles. The van der Waals surface area contributed by atoms with Gasteiger partial charge in [0, 0.05) is 6.08 Å². The number of ether oxygens (including phenoxy) is 1. The Morgan fingerprint density at radius 3 is 3.00 bits per heavy atom. The maximum atomic E-state index is 13.2. The van der Waals surface area contributed by atoms with E-state index >= 15 is 0 Å². The highest BCUT2D eigenvalue weighted by Gasteiger charge is 2.09. The number of aliphatic hydroxyl groups is 1. The summed E-state index contributed by atoms with van der Waals surface area (Å²) in [7, 11) is 1.56. The van der Waals surface area contributed by atoms with Crippen LogP contribution < -0.4 is 10.2 Å². The van der Waals surface area contributed by atoms with Gasteiger partial charge in [0.05, 0.1) is 19.4 Å². The molecule has 0 radical (unpaired) electrons. The quantitative estimate of drug-likeness (QED) is 0.861. The van der Waals surface area contributed by atoms with Gasteiger partial charge in [0.15, 0.2) is 0 Å². The summed E-state index contributed by atoms with van der Waals surface area (Å²) in [5.74, 6) is 0.632. The van der Waals surface area contributed by atoms with Crippen LogP contribution in [0.4, 0.5) is 4.39 Å². The van der Waals surface area contributed by atoms with Crippen LogP contribution in [-0.4, -0.2) is 24.5 Å². The molecule has 0 saturated carbocycles. The molecule has 0 atom stereocenters. The fourth-order valence-corrected chi connectivity index (χ4v) is 1.83. The Balaban J connectivity index is 2.06. The minimum Gasteiger partial charge on any atom is -0.510 e. The monoisotopic (exact) mass is 250 g/mol. The molecule has 0 fully saturated rings. The second-order valence-electron chi connectivity index (χ2n) is 4.03. The largest absolute Gasteiger partial charge is 0.510 e. The number of nitrogens with one attached hydrogen (secondary N) is 1. The van der Waals surface area contributed by atoms with Crippen LogP contribution in [0.15, 0.2) is 35.1 Å². The molecule has 0 saturated heterocycles. The number of allylic oxidation sites excluding steroid dienone is 1. The lowest BCUT2D eigenvalue weighted by atomic mass is 10.1. The van der Waals surface area contributed by atoms with Crippen LogP contribution in [-0.2, 0) is 6.42 Å². The third-order valence-corrected chi connectivity index (χ3v) is 2.71. The molecule has 1 aliphatic heterocycles. The number of methoxy groups -OCH3 is 1. The molecule has 5 heteroatoms. The van der Waals surface area contributed by atoms with Crippen LogP contribution in [0.1, 0.15) is 12.0 Å². The summed E-state index contributed by atoms with van der Waals surface area (Å²) in [6.45, 7) is 0.354. The van der Waals surface area contributed by atoms with Gasteiger partial charge in [-0.3, -0.25) is 0 Å². The zero-order chi connectivity index (χ0) is 13.0. The highest BCUT2D eigenvalue weighted by atomic mass is 19.1. The molecule has 4 nitrogen and oxygen atoms in total. The van der Waals surface area contributed by atoms with Crippen LogP contribution >= 0.6 is 0 Å². The molecule has 0 amide bonds. The summed E-state index contributed by atoms with van der Waals surface area (Å²) in [5, 5.41) is 13.4. The zero-order valence-corrected chi connectivity index (χ0v) is 10.1. The van der Waals surface area contributed by atoms with Crippen LogP contribution in [0.3, 0.4) is 0 Å². The van der Waals surface area contributed by atoms with Gasteiger partial charge in [0.1, 0.15) is 17.3 Å². The van der Waals surface area contributed by atoms with E-state index in [9.17, 15) is 9.50 Å². The Hall–Kier alpha value is -2.04. The van der Waals surface area contributed by atoms with Crippen molar-refractivity contribution >= 4 is 5.71 Å². The number of benzene rings is 1. The van der Waals surface area contributed by atoms with Gasteiger partial charge < -0.3 is 15.3 Å². The van der Waals surface area contributed by atoms with Gasteiger partial charge in [-0.25, -0.2) is 4.39 Å². The Morgan fingerprint density at radius 2 is 2.28 bits per heavy atom. The molecule has 1 aromatic carbocycles. The molecule has 1 heterocycles. The molecule has 1 aliphatic rings. The van der Waals surface area contributed by atoms with Crippen molar-refractivity contribution in [3.05, 3.63) is 41.4 Å². The number of halogens is 1. The Labute approximate surface area is 105 Å². The summed E-state index contributed by atoms with van der Waals surface area (Å²) in [6, 6.07) is 4.44. The van der Waals surface area contributed by atoms with Crippen LogP contribution in [0.5, 0.6) is 5.75 Å². The SMILES string of the molecule is COc1ccc(F)cc1CCC1=NNCC(O)=C1. The predicted octanol–water partition coefficient (Wildman–Crippen LogP) is 2.17. The van der Waals surface area contributed by atoms with Crippen LogP contribution in [0.25, 0.3) is 0 Å². The summed E-state index contributed by atoms with van der Waals surface area (Å²) in [6.07, 6.45) is 2.84. The number of hydrogen-bond donors (Lipinski definition) is 2. The van der Waals surface area contributed by atoms with Crippen LogP contribution in [0, 0.1) is 5.82 Å². The first-order valence-electron chi connectivity index (χ1n) is 5.70. The molecular weight excluding hydrogens is 235 g/mol. The van der Waals surface area contributed by atoms with E-state index in [0.29, 0.717) is 25.1 Å². The van der Waals surface area contributed by atoms with E-state index in [0.717, 1.165) is 11.3 Å². The maximum Gasteiger partial charge on any atom is 0.123 e.